The van der Waals surface area contributed by atoms with E-state index < -0.39 is 0 Å². The van der Waals surface area contributed by atoms with Crippen LogP contribution in [0, 0.1) is 0 Å². The quantitative estimate of drug-likeness (QED) is 0.631. The lowest BCUT2D eigenvalue weighted by atomic mass is 9.72. The van der Waals surface area contributed by atoms with Crippen LogP contribution in [0.1, 0.15) is 23.6 Å². The van der Waals surface area contributed by atoms with E-state index in [2.05, 4.69) is 72.8 Å². The van der Waals surface area contributed by atoms with Gasteiger partial charge in [-0.05, 0) is 52.7 Å². The predicted octanol–water partition coefficient (Wildman–Crippen LogP) is 4.65. The van der Waals surface area contributed by atoms with Crippen LogP contribution in [0.3, 0.4) is 0 Å². The van der Waals surface area contributed by atoms with Crippen LogP contribution in [0.2, 0.25) is 0 Å². The number of thiophene rings is 1. The average molecular weight is 293 g/mol. The molecule has 1 atom stereocenters. The van der Waals surface area contributed by atoms with Crippen LogP contribution < -0.4 is 0 Å². The van der Waals surface area contributed by atoms with E-state index in [4.69, 9.17) is 0 Å². The van der Waals surface area contributed by atoms with Gasteiger partial charge in [-0.2, -0.15) is 0 Å². The van der Waals surface area contributed by atoms with Gasteiger partial charge in [0.1, 0.15) is 0 Å². The number of hydrogen-bond acceptors (Lipinski definition) is 2. The molecule has 3 aromatic rings. The molecule has 1 unspecified atom stereocenters. The summed E-state index contributed by atoms with van der Waals surface area (Å²) in [5.74, 6) is 0. The van der Waals surface area contributed by atoms with E-state index in [0.717, 1.165) is 13.1 Å². The summed E-state index contributed by atoms with van der Waals surface area (Å²) in [4.78, 5) is 2.43. The van der Waals surface area contributed by atoms with Crippen molar-refractivity contribution >= 4 is 21.4 Å². The number of benzene rings is 2. The zero-order valence-corrected chi connectivity index (χ0v) is 13.3. The Morgan fingerprint density at radius 1 is 1.10 bits per heavy atom. The highest BCUT2D eigenvalue weighted by molar-refractivity contribution is 7.17. The fraction of sp³-hybridized carbons (Fsp3) is 0.263. The molecular formula is C19H19NS. The summed E-state index contributed by atoms with van der Waals surface area (Å²) in [6, 6.07) is 18.1. The molecule has 1 aliphatic rings. The van der Waals surface area contributed by atoms with Crippen molar-refractivity contribution in [3.63, 3.8) is 0 Å². The minimum atomic E-state index is 0.0692. The van der Waals surface area contributed by atoms with Gasteiger partial charge < -0.3 is 4.90 Å². The molecule has 0 radical (unpaired) electrons. The van der Waals surface area contributed by atoms with E-state index in [0.29, 0.717) is 0 Å². The highest BCUT2D eigenvalue weighted by Gasteiger charge is 2.35. The standard InChI is InChI=1S/C19H19NS/c1-19(16-7-8-18-14(11-16)9-10-21-18)13-20(2)12-15-5-3-4-6-17(15)19/h3-11H,12-13H2,1-2H3. The van der Waals surface area contributed by atoms with Crippen molar-refractivity contribution in [3.8, 4) is 0 Å². The lowest BCUT2D eigenvalue weighted by Gasteiger charge is -2.41. The molecule has 0 bridgehead atoms. The number of rotatable bonds is 1. The number of nitrogens with zero attached hydrogens (tertiary/aromatic N) is 1. The SMILES string of the molecule is CN1Cc2ccccc2C(C)(c2ccc3sccc3c2)C1. The van der Waals surface area contributed by atoms with Crippen molar-refractivity contribution in [2.24, 2.45) is 0 Å². The molecule has 106 valence electrons. The van der Waals surface area contributed by atoms with E-state index in [9.17, 15) is 0 Å². The second-order valence-electron chi connectivity index (χ2n) is 6.33. The third kappa shape index (κ3) is 2.02. The number of hydrogen-bond donors (Lipinski definition) is 0. The molecule has 21 heavy (non-hydrogen) atoms. The average Bonchev–Trinajstić information content (AvgIpc) is 2.94. The molecule has 2 aromatic carbocycles. The Kier molecular flexibility index (Phi) is 2.91. The van der Waals surface area contributed by atoms with Gasteiger partial charge in [-0.25, -0.2) is 0 Å². The maximum absolute atomic E-state index is 2.43. The van der Waals surface area contributed by atoms with Crippen LogP contribution in [0.15, 0.2) is 53.9 Å². The van der Waals surface area contributed by atoms with Crippen molar-refractivity contribution in [2.45, 2.75) is 18.9 Å². The van der Waals surface area contributed by atoms with Gasteiger partial charge in [0, 0.05) is 23.2 Å². The number of fused-ring (bicyclic) bond motifs is 2. The van der Waals surface area contributed by atoms with Gasteiger partial charge in [-0.15, -0.1) is 11.3 Å². The van der Waals surface area contributed by atoms with Crippen LogP contribution >= 0.6 is 11.3 Å². The molecule has 2 heterocycles. The molecule has 2 heteroatoms. The molecule has 1 nitrogen and oxygen atoms in total. The summed E-state index contributed by atoms with van der Waals surface area (Å²) in [5.41, 5.74) is 4.43. The van der Waals surface area contributed by atoms with Gasteiger partial charge in [-0.3, -0.25) is 0 Å². The van der Waals surface area contributed by atoms with Gasteiger partial charge in [0.2, 0.25) is 0 Å². The van der Waals surface area contributed by atoms with Crippen molar-refractivity contribution < 1.29 is 0 Å². The minimum absolute atomic E-state index is 0.0692. The molecule has 0 fully saturated rings. The minimum Gasteiger partial charge on any atom is -0.301 e. The maximum atomic E-state index is 2.43. The van der Waals surface area contributed by atoms with E-state index in [1.165, 1.54) is 26.8 Å². The molecule has 1 aliphatic heterocycles. The fourth-order valence-electron chi connectivity index (χ4n) is 3.72. The number of likely N-dealkylation sites (N-methyl/N-ethyl adjacent to an activating group) is 1. The lowest BCUT2D eigenvalue weighted by molar-refractivity contribution is 0.248. The van der Waals surface area contributed by atoms with Gasteiger partial charge >= 0.3 is 0 Å². The molecule has 0 amide bonds. The fourth-order valence-corrected chi connectivity index (χ4v) is 4.50. The first-order valence-electron chi connectivity index (χ1n) is 7.41. The Labute approximate surface area is 129 Å². The molecule has 1 aromatic heterocycles. The van der Waals surface area contributed by atoms with Gasteiger partial charge in [0.05, 0.1) is 0 Å². The molecule has 0 saturated carbocycles. The first-order valence-corrected chi connectivity index (χ1v) is 8.29. The zero-order valence-electron chi connectivity index (χ0n) is 12.5. The molecule has 0 aliphatic carbocycles. The van der Waals surface area contributed by atoms with Gasteiger partial charge in [0.15, 0.2) is 0 Å². The third-order valence-electron chi connectivity index (χ3n) is 4.73. The Hall–Kier alpha value is -1.64. The second kappa shape index (κ2) is 4.69. The van der Waals surface area contributed by atoms with Crippen LogP contribution in [-0.4, -0.2) is 18.5 Å². The van der Waals surface area contributed by atoms with Gasteiger partial charge in [0.25, 0.3) is 0 Å². The summed E-state index contributed by atoms with van der Waals surface area (Å²) in [6.07, 6.45) is 0. The third-order valence-corrected chi connectivity index (χ3v) is 5.63. The molecule has 0 N–H and O–H groups in total. The smallest absolute Gasteiger partial charge is 0.0342 e. The predicted molar refractivity (Wildman–Crippen MR) is 91.1 cm³/mol. The molecule has 0 spiro atoms. The molecule has 4 rings (SSSR count). The van der Waals surface area contributed by atoms with Crippen molar-refractivity contribution in [2.75, 3.05) is 13.6 Å². The van der Waals surface area contributed by atoms with Crippen LogP contribution in [0.5, 0.6) is 0 Å². The maximum Gasteiger partial charge on any atom is 0.0342 e. The van der Waals surface area contributed by atoms with E-state index >= 15 is 0 Å². The van der Waals surface area contributed by atoms with Crippen LogP contribution in [0.4, 0.5) is 0 Å². The van der Waals surface area contributed by atoms with Crippen LogP contribution in [-0.2, 0) is 12.0 Å². The van der Waals surface area contributed by atoms with Crippen LogP contribution in [0.25, 0.3) is 10.1 Å². The highest BCUT2D eigenvalue weighted by Crippen LogP contribution is 2.40. The lowest BCUT2D eigenvalue weighted by Crippen LogP contribution is -2.42. The summed E-state index contributed by atoms with van der Waals surface area (Å²) in [5, 5.41) is 3.54. The highest BCUT2D eigenvalue weighted by atomic mass is 32.1. The summed E-state index contributed by atoms with van der Waals surface area (Å²) < 4.78 is 1.37. The Balaban J connectivity index is 1.92. The largest absolute Gasteiger partial charge is 0.301 e. The Morgan fingerprint density at radius 3 is 2.86 bits per heavy atom. The van der Waals surface area contributed by atoms with Crippen molar-refractivity contribution in [3.05, 3.63) is 70.6 Å². The van der Waals surface area contributed by atoms with E-state index in [1.54, 1.807) is 0 Å². The topological polar surface area (TPSA) is 3.24 Å². The molecular weight excluding hydrogens is 274 g/mol. The zero-order chi connectivity index (χ0) is 14.4. The van der Waals surface area contributed by atoms with E-state index in [1.807, 2.05) is 11.3 Å². The normalized spacial score (nSPS) is 22.4. The monoisotopic (exact) mass is 293 g/mol. The second-order valence-corrected chi connectivity index (χ2v) is 7.28. The first-order chi connectivity index (χ1) is 10.2. The Morgan fingerprint density at radius 2 is 1.95 bits per heavy atom. The summed E-state index contributed by atoms with van der Waals surface area (Å²) in [6.45, 7) is 4.50. The Bertz CT molecular complexity index is 804. The summed E-state index contributed by atoms with van der Waals surface area (Å²) in [7, 11) is 2.22. The first kappa shape index (κ1) is 13.1. The molecule has 0 saturated heterocycles. The van der Waals surface area contributed by atoms with Crippen molar-refractivity contribution in [1.82, 2.24) is 4.90 Å². The summed E-state index contributed by atoms with van der Waals surface area (Å²) >= 11 is 1.82. The van der Waals surface area contributed by atoms with Gasteiger partial charge in [-0.1, -0.05) is 37.3 Å². The van der Waals surface area contributed by atoms with E-state index in [-0.39, 0.29) is 5.41 Å². The van der Waals surface area contributed by atoms with Crippen molar-refractivity contribution in [1.29, 1.82) is 0 Å².